The molecule has 86 valence electrons. The van der Waals surface area contributed by atoms with Crippen molar-refractivity contribution in [3.05, 3.63) is 4.77 Å². The molecule has 1 N–H and O–H groups in total. The molecular weight excluding hydrogens is 212 g/mol. The molecule has 1 unspecified atom stereocenters. The fourth-order valence-corrected chi connectivity index (χ4v) is 1.67. The van der Waals surface area contributed by atoms with Crippen LogP contribution in [0.1, 0.15) is 13.8 Å². The van der Waals surface area contributed by atoms with Gasteiger partial charge in [0.15, 0.2) is 4.77 Å². The summed E-state index contributed by atoms with van der Waals surface area (Å²) < 4.78 is 7.73. The number of methoxy groups -OCH3 is 1. The molecule has 0 aliphatic rings. The number of ether oxygens (including phenoxy) is 1. The molecule has 6 heteroatoms. The van der Waals surface area contributed by atoms with Gasteiger partial charge in [0.2, 0.25) is 5.95 Å². The number of nitrogens with zero attached hydrogens (tertiary/aromatic N) is 3. The molecule has 5 nitrogen and oxygen atoms in total. The molecule has 1 heterocycles. The standard InChI is InChI=1S/C9H18N4OS/c1-5-13-8(10-11-9(13)15)12(3)7(2)6-14-4/h7H,5-6H2,1-4H3,(H,11,15). The van der Waals surface area contributed by atoms with Crippen LogP contribution < -0.4 is 4.90 Å². The minimum Gasteiger partial charge on any atom is -0.383 e. The average Bonchev–Trinajstić information content (AvgIpc) is 2.58. The Morgan fingerprint density at radius 2 is 2.33 bits per heavy atom. The smallest absolute Gasteiger partial charge is 0.225 e. The summed E-state index contributed by atoms with van der Waals surface area (Å²) >= 11 is 5.13. The zero-order valence-electron chi connectivity index (χ0n) is 9.65. The van der Waals surface area contributed by atoms with Gasteiger partial charge in [-0.3, -0.25) is 4.57 Å². The molecule has 0 fully saturated rings. The highest BCUT2D eigenvalue weighted by atomic mass is 32.1. The van der Waals surface area contributed by atoms with Crippen LogP contribution in [-0.2, 0) is 11.3 Å². The Hall–Kier alpha value is -0.880. The Labute approximate surface area is 95.0 Å². The first-order valence-corrected chi connectivity index (χ1v) is 5.39. The number of anilines is 1. The van der Waals surface area contributed by atoms with Gasteiger partial charge < -0.3 is 9.64 Å². The molecule has 0 radical (unpaired) electrons. The van der Waals surface area contributed by atoms with Crippen LogP contribution >= 0.6 is 12.2 Å². The fourth-order valence-electron chi connectivity index (χ4n) is 1.41. The van der Waals surface area contributed by atoms with Crippen LogP contribution in [0.25, 0.3) is 0 Å². The first-order chi connectivity index (χ1) is 7.11. The van der Waals surface area contributed by atoms with Crippen molar-refractivity contribution in [1.82, 2.24) is 14.8 Å². The predicted molar refractivity (Wildman–Crippen MR) is 62.8 cm³/mol. The second kappa shape index (κ2) is 5.27. The average molecular weight is 230 g/mol. The lowest BCUT2D eigenvalue weighted by atomic mass is 10.3. The summed E-state index contributed by atoms with van der Waals surface area (Å²) in [5.74, 6) is 0.854. The largest absolute Gasteiger partial charge is 0.383 e. The summed E-state index contributed by atoms with van der Waals surface area (Å²) in [6.07, 6.45) is 0. The number of likely N-dealkylation sites (N-methyl/N-ethyl adjacent to an activating group) is 1. The van der Waals surface area contributed by atoms with Crippen LogP contribution in [0.4, 0.5) is 5.95 Å². The molecule has 1 rings (SSSR count). The van der Waals surface area contributed by atoms with Gasteiger partial charge in [-0.2, -0.15) is 0 Å². The van der Waals surface area contributed by atoms with Crippen molar-refractivity contribution < 1.29 is 4.74 Å². The van der Waals surface area contributed by atoms with Crippen molar-refractivity contribution in [2.45, 2.75) is 26.4 Å². The Balaban J connectivity index is 2.90. The van der Waals surface area contributed by atoms with Crippen molar-refractivity contribution >= 4 is 18.2 Å². The Morgan fingerprint density at radius 3 is 2.87 bits per heavy atom. The summed E-state index contributed by atoms with van der Waals surface area (Å²) in [5, 5.41) is 7.01. The first-order valence-electron chi connectivity index (χ1n) is 4.98. The molecule has 1 aromatic rings. The van der Waals surface area contributed by atoms with E-state index in [1.54, 1.807) is 7.11 Å². The lowest BCUT2D eigenvalue weighted by Crippen LogP contribution is -2.34. The van der Waals surface area contributed by atoms with Gasteiger partial charge in [0, 0.05) is 20.7 Å². The zero-order valence-corrected chi connectivity index (χ0v) is 10.5. The van der Waals surface area contributed by atoms with Crippen LogP contribution in [0.3, 0.4) is 0 Å². The number of H-pyrrole nitrogens is 1. The second-order valence-electron chi connectivity index (χ2n) is 3.49. The van der Waals surface area contributed by atoms with E-state index < -0.39 is 0 Å². The van der Waals surface area contributed by atoms with E-state index in [9.17, 15) is 0 Å². The highest BCUT2D eigenvalue weighted by Crippen LogP contribution is 2.12. The van der Waals surface area contributed by atoms with Crippen LogP contribution in [0, 0.1) is 4.77 Å². The van der Waals surface area contributed by atoms with E-state index in [-0.39, 0.29) is 6.04 Å². The van der Waals surface area contributed by atoms with Gasteiger partial charge in [-0.15, -0.1) is 5.10 Å². The molecule has 0 saturated heterocycles. The van der Waals surface area contributed by atoms with Gasteiger partial charge in [-0.1, -0.05) is 0 Å². The number of aromatic amines is 1. The van der Waals surface area contributed by atoms with E-state index in [1.165, 1.54) is 0 Å². The number of rotatable bonds is 5. The summed E-state index contributed by atoms with van der Waals surface area (Å²) in [7, 11) is 3.68. The SMILES string of the molecule is CCn1c(N(C)C(C)COC)n[nH]c1=S. The van der Waals surface area contributed by atoms with Crippen molar-refractivity contribution in [1.29, 1.82) is 0 Å². The van der Waals surface area contributed by atoms with Crippen molar-refractivity contribution in [2.75, 3.05) is 25.7 Å². The molecule has 15 heavy (non-hydrogen) atoms. The molecule has 0 bridgehead atoms. The summed E-state index contributed by atoms with van der Waals surface area (Å²) in [6, 6.07) is 0.269. The molecule has 0 spiro atoms. The number of hydrogen-bond donors (Lipinski definition) is 1. The van der Waals surface area contributed by atoms with Crippen molar-refractivity contribution in [3.8, 4) is 0 Å². The molecule has 0 aliphatic heterocycles. The normalized spacial score (nSPS) is 12.8. The van der Waals surface area contributed by atoms with Gasteiger partial charge in [-0.25, -0.2) is 5.10 Å². The highest BCUT2D eigenvalue weighted by Gasteiger charge is 2.15. The van der Waals surface area contributed by atoms with Gasteiger partial charge in [0.05, 0.1) is 12.6 Å². The molecule has 0 saturated carbocycles. The summed E-state index contributed by atoms with van der Waals surface area (Å²) in [5.41, 5.74) is 0. The summed E-state index contributed by atoms with van der Waals surface area (Å²) in [4.78, 5) is 2.05. The van der Waals surface area contributed by atoms with E-state index in [4.69, 9.17) is 17.0 Å². The monoisotopic (exact) mass is 230 g/mol. The lowest BCUT2D eigenvalue weighted by molar-refractivity contribution is 0.182. The maximum atomic E-state index is 5.13. The van der Waals surface area contributed by atoms with E-state index >= 15 is 0 Å². The number of aromatic nitrogens is 3. The number of nitrogens with one attached hydrogen (secondary N) is 1. The van der Waals surface area contributed by atoms with Crippen LogP contribution in [0.15, 0.2) is 0 Å². The number of hydrogen-bond acceptors (Lipinski definition) is 4. The molecular formula is C9H18N4OS. The topological polar surface area (TPSA) is 46.1 Å². The van der Waals surface area contributed by atoms with Gasteiger partial charge in [-0.05, 0) is 26.1 Å². The van der Waals surface area contributed by atoms with Crippen molar-refractivity contribution in [3.63, 3.8) is 0 Å². The van der Waals surface area contributed by atoms with Gasteiger partial charge in [0.1, 0.15) is 0 Å². The highest BCUT2D eigenvalue weighted by molar-refractivity contribution is 7.71. The van der Waals surface area contributed by atoms with E-state index in [0.717, 1.165) is 12.5 Å². The van der Waals surface area contributed by atoms with Crippen LogP contribution in [-0.4, -0.2) is 41.6 Å². The molecule has 1 aromatic heterocycles. The molecule has 0 amide bonds. The fraction of sp³-hybridized carbons (Fsp3) is 0.778. The predicted octanol–water partition coefficient (Wildman–Crippen LogP) is 1.43. The third-order valence-electron chi connectivity index (χ3n) is 2.44. The maximum Gasteiger partial charge on any atom is 0.225 e. The van der Waals surface area contributed by atoms with Gasteiger partial charge in [0.25, 0.3) is 0 Å². The maximum absolute atomic E-state index is 5.13. The second-order valence-corrected chi connectivity index (χ2v) is 3.87. The third-order valence-corrected chi connectivity index (χ3v) is 2.75. The first kappa shape index (κ1) is 12.2. The third kappa shape index (κ3) is 2.57. The van der Waals surface area contributed by atoms with Gasteiger partial charge >= 0.3 is 0 Å². The van der Waals surface area contributed by atoms with Crippen LogP contribution in [0.5, 0.6) is 0 Å². The molecule has 0 aliphatic carbocycles. The van der Waals surface area contributed by atoms with Crippen LogP contribution in [0.2, 0.25) is 0 Å². The van der Waals surface area contributed by atoms with E-state index in [2.05, 4.69) is 22.0 Å². The zero-order chi connectivity index (χ0) is 11.4. The quantitative estimate of drug-likeness (QED) is 0.777. The Morgan fingerprint density at radius 1 is 1.67 bits per heavy atom. The van der Waals surface area contributed by atoms with E-state index in [0.29, 0.717) is 11.4 Å². The Bertz CT molecular complexity index is 359. The van der Waals surface area contributed by atoms with Crippen molar-refractivity contribution in [2.24, 2.45) is 0 Å². The lowest BCUT2D eigenvalue weighted by Gasteiger charge is -2.24. The summed E-state index contributed by atoms with van der Waals surface area (Å²) in [6.45, 7) is 5.61. The minimum atomic E-state index is 0.269. The minimum absolute atomic E-state index is 0.269. The van der Waals surface area contributed by atoms with E-state index in [1.807, 2.05) is 18.5 Å². The Kier molecular flexibility index (Phi) is 4.28. The molecule has 0 aromatic carbocycles. The molecule has 1 atom stereocenters.